The summed E-state index contributed by atoms with van der Waals surface area (Å²) in [6.45, 7) is 5.58. The Morgan fingerprint density at radius 1 is 1.12 bits per heavy atom. The van der Waals surface area contributed by atoms with E-state index in [0.717, 1.165) is 11.1 Å². The normalized spacial score (nSPS) is 17.8. The molecule has 2 aromatic rings. The number of amides is 2. The molecule has 1 aromatic carbocycles. The second-order valence-electron chi connectivity index (χ2n) is 8.87. The highest BCUT2D eigenvalue weighted by Gasteiger charge is 2.40. The van der Waals surface area contributed by atoms with Gasteiger partial charge in [0.05, 0.1) is 12.6 Å². The third-order valence-corrected chi connectivity index (χ3v) is 6.25. The molecule has 1 fully saturated rings. The molecule has 0 unspecified atom stereocenters. The first-order valence-corrected chi connectivity index (χ1v) is 11.5. The Bertz CT molecular complexity index is 1160. The Kier molecular flexibility index (Phi) is 6.88. The monoisotopic (exact) mass is 481 g/mol. The molecule has 2 aliphatic heterocycles. The van der Waals surface area contributed by atoms with Crippen molar-refractivity contribution in [3.05, 3.63) is 64.9 Å². The number of methoxy groups -OCH3 is 1. The summed E-state index contributed by atoms with van der Waals surface area (Å²) in [5.41, 5.74) is 1.78. The van der Waals surface area contributed by atoms with Crippen molar-refractivity contribution >= 4 is 34.8 Å². The van der Waals surface area contributed by atoms with Crippen molar-refractivity contribution in [1.29, 1.82) is 0 Å². The molecular formula is C25H28ClN5O3. The van der Waals surface area contributed by atoms with Gasteiger partial charge in [-0.05, 0) is 49.6 Å². The number of carbonyl (C=O) groups is 2. The third-order valence-electron chi connectivity index (χ3n) is 6.02. The molecule has 178 valence electrons. The van der Waals surface area contributed by atoms with E-state index in [1.807, 2.05) is 44.3 Å². The number of piperazine rings is 1. The van der Waals surface area contributed by atoms with Crippen LogP contribution in [0.1, 0.15) is 36.3 Å². The van der Waals surface area contributed by atoms with Crippen LogP contribution in [0.4, 0.5) is 0 Å². The van der Waals surface area contributed by atoms with Crippen LogP contribution in [0, 0.1) is 0 Å². The zero-order chi connectivity index (χ0) is 24.3. The predicted octanol–water partition coefficient (Wildman–Crippen LogP) is 3.24. The van der Waals surface area contributed by atoms with Crippen molar-refractivity contribution < 1.29 is 14.3 Å². The number of hydrogen-bond donors (Lipinski definition) is 1. The Hall–Kier alpha value is -3.39. The highest BCUT2D eigenvalue weighted by molar-refractivity contribution is 6.38. The van der Waals surface area contributed by atoms with E-state index in [1.165, 1.54) is 7.11 Å². The molecule has 4 rings (SSSR count). The molecule has 8 nitrogen and oxygen atoms in total. The lowest BCUT2D eigenvalue weighted by Gasteiger charge is -2.46. The number of aliphatic imine (C=N–C) groups is 1. The minimum atomic E-state index is -0.581. The van der Waals surface area contributed by atoms with Crippen molar-refractivity contribution in [1.82, 2.24) is 20.1 Å². The van der Waals surface area contributed by atoms with Crippen molar-refractivity contribution in [2.75, 3.05) is 33.3 Å². The van der Waals surface area contributed by atoms with Crippen LogP contribution >= 0.6 is 11.6 Å². The van der Waals surface area contributed by atoms with Gasteiger partial charge in [-0.2, -0.15) is 0 Å². The van der Waals surface area contributed by atoms with Gasteiger partial charge in [-0.15, -0.1) is 0 Å². The Morgan fingerprint density at radius 3 is 2.65 bits per heavy atom. The van der Waals surface area contributed by atoms with Crippen LogP contribution in [0.5, 0.6) is 5.88 Å². The Labute approximate surface area is 204 Å². The van der Waals surface area contributed by atoms with E-state index in [1.54, 1.807) is 28.0 Å². The highest BCUT2D eigenvalue weighted by Crippen LogP contribution is 2.25. The smallest absolute Gasteiger partial charge is 0.289 e. The summed E-state index contributed by atoms with van der Waals surface area (Å²) in [4.78, 5) is 38.7. The summed E-state index contributed by atoms with van der Waals surface area (Å²) in [6, 6.07) is 12.7. The maximum absolute atomic E-state index is 13.3. The molecule has 3 heterocycles. The fourth-order valence-electron chi connectivity index (χ4n) is 4.25. The summed E-state index contributed by atoms with van der Waals surface area (Å²) >= 11 is 6.13. The molecule has 2 aliphatic rings. The lowest BCUT2D eigenvalue weighted by Crippen LogP contribution is -2.63. The van der Waals surface area contributed by atoms with Crippen LogP contribution in [0.2, 0.25) is 5.02 Å². The number of aromatic nitrogens is 1. The van der Waals surface area contributed by atoms with Gasteiger partial charge in [0.1, 0.15) is 5.69 Å². The van der Waals surface area contributed by atoms with Gasteiger partial charge in [0.25, 0.3) is 11.8 Å². The van der Waals surface area contributed by atoms with Crippen LogP contribution in [-0.4, -0.2) is 71.3 Å². The Morgan fingerprint density at radius 2 is 1.91 bits per heavy atom. The van der Waals surface area contributed by atoms with E-state index >= 15 is 0 Å². The average molecular weight is 482 g/mol. The molecule has 0 saturated carbocycles. The van der Waals surface area contributed by atoms with Crippen molar-refractivity contribution in [3.63, 3.8) is 0 Å². The molecule has 1 N–H and O–H groups in total. The lowest BCUT2D eigenvalue weighted by atomic mass is 9.97. The second kappa shape index (κ2) is 9.85. The van der Waals surface area contributed by atoms with Crippen LogP contribution in [0.15, 0.2) is 53.7 Å². The molecule has 0 aliphatic carbocycles. The minimum Gasteiger partial charge on any atom is -0.481 e. The highest BCUT2D eigenvalue weighted by atomic mass is 35.5. The largest absolute Gasteiger partial charge is 0.481 e. The zero-order valence-electron chi connectivity index (χ0n) is 19.5. The van der Waals surface area contributed by atoms with E-state index in [-0.39, 0.29) is 11.8 Å². The number of hydrogen-bond acceptors (Lipinski definition) is 6. The number of nitrogens with one attached hydrogen (secondary N) is 1. The first-order valence-electron chi connectivity index (χ1n) is 11.2. The molecule has 34 heavy (non-hydrogen) atoms. The van der Waals surface area contributed by atoms with Crippen molar-refractivity contribution in [2.24, 2.45) is 4.99 Å². The fourth-order valence-corrected chi connectivity index (χ4v) is 4.44. The first-order chi connectivity index (χ1) is 16.3. The van der Waals surface area contributed by atoms with Gasteiger partial charge in [-0.25, -0.2) is 4.98 Å². The van der Waals surface area contributed by atoms with E-state index in [2.05, 4.69) is 15.3 Å². The van der Waals surface area contributed by atoms with Crippen LogP contribution in [0.3, 0.4) is 0 Å². The standard InChI is InChI=1S/C25H28ClN5O3/c1-25(2)16-30(12-13-31(25)23(32)20-8-5-9-21(29-20)34-3)24(33)22-27-11-10-18(15-28-22)17-6-4-7-19(26)14-17/h4-9,14-15H,10-13,16H2,1-3H3,(H,27,28). The van der Waals surface area contributed by atoms with Gasteiger partial charge in [0.15, 0.2) is 5.84 Å². The molecule has 0 bridgehead atoms. The molecule has 0 spiro atoms. The molecule has 0 radical (unpaired) electrons. The molecule has 2 amide bonds. The SMILES string of the molecule is COc1cccc(C(=O)N2CCN(C(=O)C3=NCCC(c4cccc(Cl)c4)=CN3)CC2(C)C)n1. The fraction of sp³-hybridized carbons (Fsp3) is 0.360. The summed E-state index contributed by atoms with van der Waals surface area (Å²) in [5, 5.41) is 3.76. The van der Waals surface area contributed by atoms with Gasteiger partial charge in [-0.3, -0.25) is 14.6 Å². The number of halogens is 1. The molecule has 1 aromatic heterocycles. The number of ether oxygens (including phenoxy) is 1. The van der Waals surface area contributed by atoms with E-state index in [0.29, 0.717) is 55.0 Å². The number of nitrogens with zero attached hydrogens (tertiary/aromatic N) is 4. The number of amidine groups is 1. The quantitative estimate of drug-likeness (QED) is 0.724. The maximum atomic E-state index is 13.3. The molecule has 9 heteroatoms. The minimum absolute atomic E-state index is 0.178. The van der Waals surface area contributed by atoms with E-state index in [4.69, 9.17) is 16.3 Å². The van der Waals surface area contributed by atoms with Gasteiger partial charge in [-0.1, -0.05) is 29.8 Å². The average Bonchev–Trinajstić information content (AvgIpc) is 3.09. The molecule has 1 saturated heterocycles. The van der Waals surface area contributed by atoms with Crippen molar-refractivity contribution in [2.45, 2.75) is 25.8 Å². The molecular weight excluding hydrogens is 454 g/mol. The van der Waals surface area contributed by atoms with Crippen molar-refractivity contribution in [3.8, 4) is 5.88 Å². The van der Waals surface area contributed by atoms with Gasteiger partial charge in [0.2, 0.25) is 5.88 Å². The predicted molar refractivity (Wildman–Crippen MR) is 132 cm³/mol. The van der Waals surface area contributed by atoms with Crippen LogP contribution < -0.4 is 10.1 Å². The lowest BCUT2D eigenvalue weighted by molar-refractivity contribution is -0.128. The number of pyridine rings is 1. The van der Waals surface area contributed by atoms with E-state index < -0.39 is 5.54 Å². The zero-order valence-corrected chi connectivity index (χ0v) is 20.3. The van der Waals surface area contributed by atoms with Gasteiger partial charge in [0, 0.05) is 43.5 Å². The Balaban J connectivity index is 1.44. The second-order valence-corrected chi connectivity index (χ2v) is 9.30. The topological polar surface area (TPSA) is 87.1 Å². The summed E-state index contributed by atoms with van der Waals surface area (Å²) in [5.74, 6) is 0.334. The summed E-state index contributed by atoms with van der Waals surface area (Å²) < 4.78 is 5.15. The van der Waals surface area contributed by atoms with Gasteiger partial charge >= 0.3 is 0 Å². The van der Waals surface area contributed by atoms with Crippen LogP contribution in [-0.2, 0) is 4.79 Å². The van der Waals surface area contributed by atoms with Crippen LogP contribution in [0.25, 0.3) is 5.57 Å². The van der Waals surface area contributed by atoms with Gasteiger partial charge < -0.3 is 19.9 Å². The number of rotatable bonds is 4. The first kappa shape index (κ1) is 23.8. The number of benzene rings is 1. The maximum Gasteiger partial charge on any atom is 0.289 e. The number of carbonyl (C=O) groups excluding carboxylic acids is 2. The molecule has 0 atom stereocenters. The van der Waals surface area contributed by atoms with E-state index in [9.17, 15) is 9.59 Å². The summed E-state index contributed by atoms with van der Waals surface area (Å²) in [7, 11) is 1.52. The third kappa shape index (κ3) is 5.07. The summed E-state index contributed by atoms with van der Waals surface area (Å²) in [6.07, 6.45) is 2.53.